The standard InChI is InChI=1S/C17H20N2O2/c1-14(11-19-12-15-7-9-18-10-8-15)17(20)21-13-16-5-3-2-4-6-16/h2-10,14,19H,11-13H2,1H3. The molecule has 1 atom stereocenters. The number of hydrogen-bond acceptors (Lipinski definition) is 4. The van der Waals surface area contributed by atoms with Crippen LogP contribution in [-0.4, -0.2) is 17.5 Å². The van der Waals surface area contributed by atoms with E-state index in [0.717, 1.165) is 17.7 Å². The summed E-state index contributed by atoms with van der Waals surface area (Å²) in [5.74, 6) is -0.350. The van der Waals surface area contributed by atoms with Gasteiger partial charge in [-0.2, -0.15) is 0 Å². The number of nitrogens with one attached hydrogen (secondary N) is 1. The van der Waals surface area contributed by atoms with Crippen LogP contribution in [0.15, 0.2) is 54.9 Å². The Labute approximate surface area is 125 Å². The van der Waals surface area contributed by atoms with Crippen molar-refractivity contribution in [3.63, 3.8) is 0 Å². The number of rotatable bonds is 7. The zero-order valence-corrected chi connectivity index (χ0v) is 12.2. The largest absolute Gasteiger partial charge is 0.461 e. The van der Waals surface area contributed by atoms with Crippen molar-refractivity contribution >= 4 is 5.97 Å². The van der Waals surface area contributed by atoms with Gasteiger partial charge in [0.15, 0.2) is 0 Å². The zero-order chi connectivity index (χ0) is 14.9. The van der Waals surface area contributed by atoms with Gasteiger partial charge in [-0.15, -0.1) is 0 Å². The molecule has 21 heavy (non-hydrogen) atoms. The third-order valence-electron chi connectivity index (χ3n) is 3.16. The summed E-state index contributed by atoms with van der Waals surface area (Å²) in [6.45, 7) is 3.51. The van der Waals surface area contributed by atoms with Crippen molar-refractivity contribution in [1.29, 1.82) is 0 Å². The number of benzene rings is 1. The van der Waals surface area contributed by atoms with E-state index in [1.54, 1.807) is 12.4 Å². The summed E-state index contributed by atoms with van der Waals surface area (Å²) in [5.41, 5.74) is 2.15. The van der Waals surface area contributed by atoms with Crippen LogP contribution in [0.2, 0.25) is 0 Å². The second kappa shape index (κ2) is 8.17. The van der Waals surface area contributed by atoms with Gasteiger partial charge in [-0.25, -0.2) is 0 Å². The van der Waals surface area contributed by atoms with Gasteiger partial charge in [-0.1, -0.05) is 37.3 Å². The van der Waals surface area contributed by atoms with Crippen LogP contribution in [0.4, 0.5) is 0 Å². The molecule has 4 nitrogen and oxygen atoms in total. The molecular weight excluding hydrogens is 264 g/mol. The number of carbonyl (C=O) groups excluding carboxylic acids is 1. The first-order chi connectivity index (χ1) is 10.3. The molecule has 0 saturated heterocycles. The Morgan fingerprint density at radius 2 is 1.86 bits per heavy atom. The highest BCUT2D eigenvalue weighted by molar-refractivity contribution is 5.72. The normalized spacial score (nSPS) is 11.9. The number of nitrogens with zero attached hydrogens (tertiary/aromatic N) is 1. The molecule has 0 aliphatic heterocycles. The van der Waals surface area contributed by atoms with Crippen LogP contribution in [-0.2, 0) is 22.7 Å². The molecule has 110 valence electrons. The number of aromatic nitrogens is 1. The van der Waals surface area contributed by atoms with Crippen molar-refractivity contribution in [3.05, 3.63) is 66.0 Å². The molecule has 1 unspecified atom stereocenters. The second-order valence-electron chi connectivity index (χ2n) is 4.98. The van der Waals surface area contributed by atoms with E-state index in [1.807, 2.05) is 49.4 Å². The van der Waals surface area contributed by atoms with Crippen molar-refractivity contribution in [2.75, 3.05) is 6.54 Å². The lowest BCUT2D eigenvalue weighted by Gasteiger charge is -2.12. The number of carbonyl (C=O) groups is 1. The number of ether oxygens (including phenoxy) is 1. The first-order valence-corrected chi connectivity index (χ1v) is 7.06. The maximum absolute atomic E-state index is 11.9. The molecule has 1 N–H and O–H groups in total. The number of hydrogen-bond donors (Lipinski definition) is 1. The minimum Gasteiger partial charge on any atom is -0.461 e. The SMILES string of the molecule is CC(CNCc1ccncc1)C(=O)OCc1ccccc1. The van der Waals surface area contributed by atoms with Gasteiger partial charge < -0.3 is 10.1 Å². The number of esters is 1. The Morgan fingerprint density at radius 3 is 2.57 bits per heavy atom. The molecule has 1 heterocycles. The van der Waals surface area contributed by atoms with Crippen molar-refractivity contribution in [2.24, 2.45) is 5.92 Å². The monoisotopic (exact) mass is 284 g/mol. The average Bonchev–Trinajstić information content (AvgIpc) is 2.54. The molecule has 2 aromatic rings. The average molecular weight is 284 g/mol. The summed E-state index contributed by atoms with van der Waals surface area (Å²) >= 11 is 0. The van der Waals surface area contributed by atoms with Crippen LogP contribution >= 0.6 is 0 Å². The van der Waals surface area contributed by atoms with Gasteiger partial charge in [0.2, 0.25) is 0 Å². The summed E-state index contributed by atoms with van der Waals surface area (Å²) in [7, 11) is 0. The summed E-state index contributed by atoms with van der Waals surface area (Å²) in [5, 5.41) is 3.25. The van der Waals surface area contributed by atoms with Gasteiger partial charge in [0.05, 0.1) is 5.92 Å². The Balaban J connectivity index is 1.68. The molecule has 1 aromatic heterocycles. The Bertz CT molecular complexity index is 543. The number of pyridine rings is 1. The Hall–Kier alpha value is -2.20. The maximum Gasteiger partial charge on any atom is 0.310 e. The molecule has 0 fully saturated rings. The smallest absolute Gasteiger partial charge is 0.310 e. The van der Waals surface area contributed by atoms with Crippen LogP contribution in [0.25, 0.3) is 0 Å². The molecule has 0 radical (unpaired) electrons. The van der Waals surface area contributed by atoms with E-state index < -0.39 is 0 Å². The van der Waals surface area contributed by atoms with Gasteiger partial charge >= 0.3 is 5.97 Å². The lowest BCUT2D eigenvalue weighted by molar-refractivity contribution is -0.149. The third-order valence-corrected chi connectivity index (χ3v) is 3.16. The maximum atomic E-state index is 11.9. The van der Waals surface area contributed by atoms with Crippen LogP contribution in [0, 0.1) is 5.92 Å². The van der Waals surface area contributed by atoms with Crippen LogP contribution < -0.4 is 5.32 Å². The van der Waals surface area contributed by atoms with Crippen LogP contribution in [0.3, 0.4) is 0 Å². The van der Waals surface area contributed by atoms with E-state index in [1.165, 1.54) is 0 Å². The summed E-state index contributed by atoms with van der Waals surface area (Å²) < 4.78 is 5.30. The molecule has 0 bridgehead atoms. The minimum absolute atomic E-state index is 0.171. The molecule has 2 rings (SSSR count). The van der Waals surface area contributed by atoms with Crippen molar-refractivity contribution < 1.29 is 9.53 Å². The molecule has 4 heteroatoms. The van der Waals surface area contributed by atoms with Gasteiger partial charge in [0, 0.05) is 25.5 Å². The van der Waals surface area contributed by atoms with E-state index >= 15 is 0 Å². The van der Waals surface area contributed by atoms with E-state index in [-0.39, 0.29) is 11.9 Å². The first kappa shape index (κ1) is 15.2. The van der Waals surface area contributed by atoms with E-state index in [2.05, 4.69) is 10.3 Å². The Morgan fingerprint density at radius 1 is 1.14 bits per heavy atom. The van der Waals surface area contributed by atoms with Gasteiger partial charge in [0.25, 0.3) is 0 Å². The van der Waals surface area contributed by atoms with E-state index in [4.69, 9.17) is 4.74 Å². The molecule has 0 amide bonds. The lowest BCUT2D eigenvalue weighted by Crippen LogP contribution is -2.27. The fraction of sp³-hybridized carbons (Fsp3) is 0.294. The summed E-state index contributed by atoms with van der Waals surface area (Å²) in [6, 6.07) is 13.6. The second-order valence-corrected chi connectivity index (χ2v) is 4.98. The van der Waals surface area contributed by atoms with Crippen molar-refractivity contribution in [3.8, 4) is 0 Å². The highest BCUT2D eigenvalue weighted by Crippen LogP contribution is 2.05. The Kier molecular flexibility index (Phi) is 5.91. The fourth-order valence-electron chi connectivity index (χ4n) is 1.89. The molecule has 1 aromatic carbocycles. The third kappa shape index (κ3) is 5.36. The van der Waals surface area contributed by atoms with Crippen LogP contribution in [0.5, 0.6) is 0 Å². The highest BCUT2D eigenvalue weighted by atomic mass is 16.5. The van der Waals surface area contributed by atoms with Crippen LogP contribution in [0.1, 0.15) is 18.1 Å². The molecule has 0 aliphatic carbocycles. The minimum atomic E-state index is -0.180. The molecule has 0 aliphatic rings. The predicted octanol–water partition coefficient (Wildman–Crippen LogP) is 2.55. The van der Waals surface area contributed by atoms with E-state index in [9.17, 15) is 4.79 Å². The molecule has 0 saturated carbocycles. The molecule has 0 spiro atoms. The van der Waals surface area contributed by atoms with Gasteiger partial charge in [-0.05, 0) is 23.3 Å². The lowest BCUT2D eigenvalue weighted by atomic mass is 10.1. The summed E-state index contributed by atoms with van der Waals surface area (Å²) in [6.07, 6.45) is 3.52. The van der Waals surface area contributed by atoms with Gasteiger partial charge in [-0.3, -0.25) is 9.78 Å². The van der Waals surface area contributed by atoms with Gasteiger partial charge in [0.1, 0.15) is 6.61 Å². The quantitative estimate of drug-likeness (QED) is 0.794. The summed E-state index contributed by atoms with van der Waals surface area (Å²) in [4.78, 5) is 15.9. The highest BCUT2D eigenvalue weighted by Gasteiger charge is 2.13. The first-order valence-electron chi connectivity index (χ1n) is 7.06. The topological polar surface area (TPSA) is 51.2 Å². The molecular formula is C17H20N2O2. The van der Waals surface area contributed by atoms with Crippen molar-refractivity contribution in [1.82, 2.24) is 10.3 Å². The predicted molar refractivity (Wildman–Crippen MR) is 81.3 cm³/mol. The van der Waals surface area contributed by atoms with Crippen molar-refractivity contribution in [2.45, 2.75) is 20.1 Å². The van der Waals surface area contributed by atoms with E-state index in [0.29, 0.717) is 13.2 Å². The zero-order valence-electron chi connectivity index (χ0n) is 12.2. The fourth-order valence-corrected chi connectivity index (χ4v) is 1.89.